The first-order valence-electron chi connectivity index (χ1n) is 18.4. The highest BCUT2D eigenvalue weighted by molar-refractivity contribution is 7.99. The minimum absolute atomic E-state index is 0.0416. The monoisotopic (exact) mass is 854 g/mol. The molecule has 12 nitrogen and oxygen atoms in total. The van der Waals surface area contributed by atoms with Gasteiger partial charge in [0.1, 0.15) is 16.5 Å². The number of pyridine rings is 1. The lowest BCUT2D eigenvalue weighted by Gasteiger charge is -2.35. The molecule has 0 aliphatic carbocycles. The molecule has 18 heteroatoms. The minimum atomic E-state index is -4.44. The Kier molecular flexibility index (Phi) is 15.7. The zero-order valence-electron chi connectivity index (χ0n) is 32.0. The number of halogens is 4. The molecule has 5 rings (SSSR count). The van der Waals surface area contributed by atoms with Gasteiger partial charge in [-0.05, 0) is 36.3 Å². The van der Waals surface area contributed by atoms with Crippen LogP contribution in [0.4, 0.5) is 23.4 Å². The van der Waals surface area contributed by atoms with Crippen LogP contribution in [0.2, 0.25) is 0 Å². The van der Waals surface area contributed by atoms with E-state index >= 15 is 0 Å². The average molecular weight is 855 g/mol. The van der Waals surface area contributed by atoms with Crippen molar-refractivity contribution < 1.29 is 44.9 Å². The largest absolute Gasteiger partial charge is 0.491 e. The van der Waals surface area contributed by atoms with Crippen molar-refractivity contribution in [1.82, 2.24) is 20.5 Å². The lowest BCUT2D eigenvalue weighted by atomic mass is 9.99. The molecule has 0 saturated carbocycles. The van der Waals surface area contributed by atoms with Gasteiger partial charge in [0.25, 0.3) is 16.0 Å². The molecule has 0 bridgehead atoms. The second-order valence-electron chi connectivity index (χ2n) is 13.4. The predicted octanol–water partition coefficient (Wildman–Crippen LogP) is 6.73. The van der Waals surface area contributed by atoms with Crippen molar-refractivity contribution in [3.8, 4) is 0 Å². The number of hydrogen-bond donors (Lipinski definition) is 4. The number of hydrogen-bond acceptors (Lipinski definition) is 10. The minimum Gasteiger partial charge on any atom is -0.491 e. The fraction of sp³-hybridized carbons (Fsp3) is 0.268. The number of thioether (sulfide) groups is 1. The van der Waals surface area contributed by atoms with Crippen LogP contribution < -0.4 is 16.1 Å². The van der Waals surface area contributed by atoms with Gasteiger partial charge in [0, 0.05) is 62.5 Å². The van der Waals surface area contributed by atoms with Gasteiger partial charge in [0.2, 0.25) is 5.91 Å². The number of aromatic nitrogens is 1. The standard InChI is InChI=1S/C41H42F4N6O6S2/c1-26(40(52)46-18-8-19-47-41(53)29-13-16-36(48-23-29)50-49-24-28-11-6-7-12-35(28)59(54,55)56)21-33-34(57-20-17-27-9-4-3-5-10-27)15-14-30(51(33)2)25-58-39-37(44)31(42)22-32(43)38(39)45/h3-7,9-16,22-24,26,30H,8,17-21,25H2,1-2H3,(H,46,52)(H,47,53)(H,48,50)(H,54,55,56)/b49-24+. The highest BCUT2D eigenvalue weighted by atomic mass is 32.2. The SMILES string of the molecule is CC(CC1=C(OCCc2ccccc2)C=CC(CSc2c(F)c(F)cc(F)c2F)N1C)C(=O)NCCCNC(=O)c1ccc(N/N=C/c2ccccc2S(=O)(=O)O)nc1. The molecule has 4 aromatic rings. The van der Waals surface area contributed by atoms with Crippen LogP contribution in [0.5, 0.6) is 0 Å². The molecular formula is C41H42F4N6O6S2. The van der Waals surface area contributed by atoms with Crippen molar-refractivity contribution in [1.29, 1.82) is 0 Å². The molecule has 59 heavy (non-hydrogen) atoms. The van der Waals surface area contributed by atoms with Crippen molar-refractivity contribution in [3.63, 3.8) is 0 Å². The third-order valence-electron chi connectivity index (χ3n) is 9.13. The third-order valence-corrected chi connectivity index (χ3v) is 11.2. The van der Waals surface area contributed by atoms with E-state index in [2.05, 4.69) is 26.1 Å². The van der Waals surface area contributed by atoms with E-state index in [4.69, 9.17) is 4.74 Å². The zero-order chi connectivity index (χ0) is 42.5. The van der Waals surface area contributed by atoms with E-state index in [9.17, 15) is 40.1 Å². The molecule has 0 fully saturated rings. The Morgan fingerprint density at radius 1 is 1.00 bits per heavy atom. The van der Waals surface area contributed by atoms with Crippen LogP contribution in [0.1, 0.15) is 41.3 Å². The van der Waals surface area contributed by atoms with Crippen LogP contribution in [-0.2, 0) is 26.1 Å². The number of nitrogens with zero attached hydrogens (tertiary/aromatic N) is 3. The molecule has 0 saturated heterocycles. The summed E-state index contributed by atoms with van der Waals surface area (Å²) in [7, 11) is -2.69. The molecule has 0 radical (unpaired) electrons. The van der Waals surface area contributed by atoms with E-state index in [0.717, 1.165) is 5.56 Å². The van der Waals surface area contributed by atoms with Gasteiger partial charge in [-0.15, -0.1) is 11.8 Å². The van der Waals surface area contributed by atoms with E-state index in [1.54, 1.807) is 32.2 Å². The van der Waals surface area contributed by atoms with Crippen molar-refractivity contribution in [3.05, 3.63) is 143 Å². The van der Waals surface area contributed by atoms with Crippen molar-refractivity contribution in [2.24, 2.45) is 11.0 Å². The maximum Gasteiger partial charge on any atom is 0.295 e. The summed E-state index contributed by atoms with van der Waals surface area (Å²) >= 11 is 0.647. The Morgan fingerprint density at radius 3 is 2.39 bits per heavy atom. The second kappa shape index (κ2) is 20.8. The van der Waals surface area contributed by atoms with Gasteiger partial charge in [-0.2, -0.15) is 13.5 Å². The highest BCUT2D eigenvalue weighted by Crippen LogP contribution is 2.33. The number of carbonyl (C=O) groups excluding carboxylic acids is 2. The molecule has 312 valence electrons. The maximum atomic E-state index is 14.4. The number of ether oxygens (including phenoxy) is 1. The number of nitrogens with one attached hydrogen (secondary N) is 3. The van der Waals surface area contributed by atoms with Gasteiger partial charge in [-0.3, -0.25) is 19.6 Å². The Balaban J connectivity index is 1.11. The molecule has 2 amide bonds. The molecule has 2 heterocycles. The number of anilines is 1. The van der Waals surface area contributed by atoms with E-state index in [-0.39, 0.29) is 59.1 Å². The Labute approximate surface area is 343 Å². The van der Waals surface area contributed by atoms with Crippen LogP contribution >= 0.6 is 11.8 Å². The van der Waals surface area contributed by atoms with Gasteiger partial charge >= 0.3 is 0 Å². The topological polar surface area (TPSA) is 162 Å². The average Bonchev–Trinajstić information content (AvgIpc) is 3.22. The number of likely N-dealkylation sites (N-methyl/N-ethyl adjacent to an activating group) is 1. The number of amides is 2. The van der Waals surface area contributed by atoms with Crippen LogP contribution in [0, 0.1) is 29.2 Å². The molecular weight excluding hydrogens is 813 g/mol. The summed E-state index contributed by atoms with van der Waals surface area (Å²) in [5.74, 6) is -6.24. The Bertz CT molecular complexity index is 2290. The lowest BCUT2D eigenvalue weighted by Crippen LogP contribution is -2.38. The normalized spacial score (nSPS) is 14.7. The van der Waals surface area contributed by atoms with Crippen molar-refractivity contribution in [2.45, 2.75) is 42.0 Å². The zero-order valence-corrected chi connectivity index (χ0v) is 33.6. The number of carbonyl (C=O) groups is 2. The van der Waals surface area contributed by atoms with Crippen LogP contribution in [-0.4, -0.2) is 79.4 Å². The molecule has 1 aliphatic rings. The molecule has 2 unspecified atom stereocenters. The van der Waals surface area contributed by atoms with E-state index in [0.29, 0.717) is 42.7 Å². The van der Waals surface area contributed by atoms with Gasteiger partial charge in [-0.25, -0.2) is 22.5 Å². The van der Waals surface area contributed by atoms with Gasteiger partial charge in [0.15, 0.2) is 23.3 Å². The van der Waals surface area contributed by atoms with Crippen LogP contribution in [0.3, 0.4) is 0 Å². The van der Waals surface area contributed by atoms with E-state index in [1.165, 1.54) is 42.7 Å². The Hall–Kier alpha value is -5.72. The molecule has 1 aliphatic heterocycles. The molecule has 1 aromatic heterocycles. The van der Waals surface area contributed by atoms with Crippen molar-refractivity contribution >= 4 is 45.7 Å². The first kappa shape index (κ1) is 44.4. The molecule has 2 atom stereocenters. The summed E-state index contributed by atoms with van der Waals surface area (Å²) in [4.78, 5) is 30.8. The lowest BCUT2D eigenvalue weighted by molar-refractivity contribution is -0.124. The first-order valence-corrected chi connectivity index (χ1v) is 20.8. The number of hydrazone groups is 1. The maximum absolute atomic E-state index is 14.4. The molecule has 4 N–H and O–H groups in total. The van der Waals surface area contributed by atoms with Gasteiger partial charge in [-0.1, -0.05) is 61.5 Å². The summed E-state index contributed by atoms with van der Waals surface area (Å²) in [5, 5.41) is 9.59. The fourth-order valence-corrected chi connectivity index (χ4v) is 7.65. The van der Waals surface area contributed by atoms with Gasteiger partial charge < -0.3 is 20.3 Å². The van der Waals surface area contributed by atoms with Crippen LogP contribution in [0.25, 0.3) is 0 Å². The molecule has 0 spiro atoms. The summed E-state index contributed by atoms with van der Waals surface area (Å²) < 4.78 is 95.2. The number of allylic oxidation sites excluding steroid dienone is 2. The summed E-state index contributed by atoms with van der Waals surface area (Å²) in [6, 6.07) is 18.2. The summed E-state index contributed by atoms with van der Waals surface area (Å²) in [6.45, 7) is 2.60. The highest BCUT2D eigenvalue weighted by Gasteiger charge is 2.28. The summed E-state index contributed by atoms with van der Waals surface area (Å²) in [6.07, 6.45) is 7.33. The second-order valence-corrected chi connectivity index (χ2v) is 15.8. The van der Waals surface area contributed by atoms with Crippen LogP contribution in [0.15, 0.2) is 117 Å². The van der Waals surface area contributed by atoms with E-state index < -0.39 is 56.1 Å². The first-order chi connectivity index (χ1) is 28.2. The smallest absolute Gasteiger partial charge is 0.295 e. The van der Waals surface area contributed by atoms with Crippen molar-refractivity contribution in [2.75, 3.05) is 37.9 Å². The number of benzene rings is 3. The van der Waals surface area contributed by atoms with Gasteiger partial charge in [0.05, 0.1) is 35.0 Å². The quantitative estimate of drug-likeness (QED) is 0.0152. The summed E-state index contributed by atoms with van der Waals surface area (Å²) in [5.41, 5.74) is 4.79. The fourth-order valence-electron chi connectivity index (χ4n) is 5.86. The third kappa shape index (κ3) is 12.4. The van der Waals surface area contributed by atoms with E-state index in [1.807, 2.05) is 35.2 Å². The predicted molar refractivity (Wildman–Crippen MR) is 216 cm³/mol. The Morgan fingerprint density at radius 2 is 1.69 bits per heavy atom. The number of rotatable bonds is 19. The molecule has 3 aromatic carbocycles.